The summed E-state index contributed by atoms with van der Waals surface area (Å²) in [5.41, 5.74) is 1.76. The summed E-state index contributed by atoms with van der Waals surface area (Å²) < 4.78 is 7.33. The maximum atomic E-state index is 10.4. The maximum absolute atomic E-state index is 10.4. The number of carboxylic acid groups (broad SMARTS) is 1. The molecule has 0 aliphatic heterocycles. The highest BCUT2D eigenvalue weighted by Crippen LogP contribution is 2.16. The molecule has 0 aliphatic rings. The Hall–Kier alpha value is -2.56. The van der Waals surface area contributed by atoms with Crippen molar-refractivity contribution in [2.45, 2.75) is 6.61 Å². The summed E-state index contributed by atoms with van der Waals surface area (Å²) in [5, 5.41) is 12.6. The van der Waals surface area contributed by atoms with Gasteiger partial charge in [-0.05, 0) is 23.8 Å². The van der Waals surface area contributed by atoms with Gasteiger partial charge in [0, 0.05) is 24.9 Å². The number of hydrogen-bond donors (Lipinski definition) is 1. The van der Waals surface area contributed by atoms with Gasteiger partial charge in [0.1, 0.15) is 12.4 Å². The summed E-state index contributed by atoms with van der Waals surface area (Å²) in [4.78, 5) is 10.4. The van der Waals surface area contributed by atoms with E-state index in [2.05, 4.69) is 5.10 Å². The minimum atomic E-state index is -0.971. The van der Waals surface area contributed by atoms with Gasteiger partial charge in [-0.25, -0.2) is 4.79 Å². The predicted molar refractivity (Wildman–Crippen MR) is 70.7 cm³/mol. The first-order chi connectivity index (χ1) is 9.13. The van der Waals surface area contributed by atoms with Crippen molar-refractivity contribution in [1.82, 2.24) is 9.78 Å². The SMILES string of the molecule is Cn1cc(COc2cccc(/C=C/C(=O)O)c2)cn1. The smallest absolute Gasteiger partial charge is 0.328 e. The summed E-state index contributed by atoms with van der Waals surface area (Å²) in [7, 11) is 1.85. The highest BCUT2D eigenvalue weighted by Gasteiger charge is 1.99. The number of aromatic nitrogens is 2. The van der Waals surface area contributed by atoms with Gasteiger partial charge in [0.2, 0.25) is 0 Å². The first-order valence-electron chi connectivity index (χ1n) is 5.75. The Kier molecular flexibility index (Phi) is 3.97. The third-order valence-corrected chi connectivity index (χ3v) is 2.44. The number of hydrogen-bond acceptors (Lipinski definition) is 3. The van der Waals surface area contributed by atoms with Crippen LogP contribution in [0.2, 0.25) is 0 Å². The number of benzene rings is 1. The van der Waals surface area contributed by atoms with E-state index in [0.29, 0.717) is 12.4 Å². The van der Waals surface area contributed by atoms with Crippen LogP contribution in [-0.4, -0.2) is 20.9 Å². The van der Waals surface area contributed by atoms with Crippen LogP contribution < -0.4 is 4.74 Å². The fourth-order valence-corrected chi connectivity index (χ4v) is 1.59. The van der Waals surface area contributed by atoms with Crippen LogP contribution in [0.5, 0.6) is 5.75 Å². The average molecular weight is 258 g/mol. The van der Waals surface area contributed by atoms with Gasteiger partial charge < -0.3 is 9.84 Å². The Morgan fingerprint density at radius 3 is 3.05 bits per heavy atom. The molecule has 0 fully saturated rings. The summed E-state index contributed by atoms with van der Waals surface area (Å²) in [6, 6.07) is 7.25. The highest BCUT2D eigenvalue weighted by molar-refractivity contribution is 5.85. The van der Waals surface area contributed by atoms with Crippen LogP contribution in [-0.2, 0) is 18.4 Å². The minimum Gasteiger partial charge on any atom is -0.489 e. The topological polar surface area (TPSA) is 64.3 Å². The minimum absolute atomic E-state index is 0.430. The first-order valence-corrected chi connectivity index (χ1v) is 5.75. The Labute approximate surface area is 110 Å². The molecule has 0 unspecified atom stereocenters. The van der Waals surface area contributed by atoms with E-state index in [9.17, 15) is 4.79 Å². The molecule has 1 aromatic carbocycles. The first kappa shape index (κ1) is 12.9. The van der Waals surface area contributed by atoms with Gasteiger partial charge in [0.15, 0.2) is 0 Å². The van der Waals surface area contributed by atoms with Gasteiger partial charge in [-0.2, -0.15) is 5.10 Å². The quantitative estimate of drug-likeness (QED) is 0.834. The van der Waals surface area contributed by atoms with Crippen LogP contribution >= 0.6 is 0 Å². The summed E-state index contributed by atoms with van der Waals surface area (Å²) in [6.45, 7) is 0.430. The van der Waals surface area contributed by atoms with E-state index in [1.807, 2.05) is 31.4 Å². The Morgan fingerprint density at radius 1 is 1.53 bits per heavy atom. The number of carboxylic acids is 1. The Balaban J connectivity index is 2.00. The molecule has 1 heterocycles. The number of nitrogens with zero attached hydrogens (tertiary/aromatic N) is 2. The molecule has 1 N–H and O–H groups in total. The maximum Gasteiger partial charge on any atom is 0.328 e. The molecule has 5 heteroatoms. The zero-order valence-corrected chi connectivity index (χ0v) is 10.5. The number of rotatable bonds is 5. The van der Waals surface area contributed by atoms with E-state index in [1.54, 1.807) is 16.9 Å². The second-order valence-electron chi connectivity index (χ2n) is 4.05. The Morgan fingerprint density at radius 2 is 2.37 bits per heavy atom. The van der Waals surface area contributed by atoms with Gasteiger partial charge in [-0.15, -0.1) is 0 Å². The van der Waals surface area contributed by atoms with Crippen molar-refractivity contribution < 1.29 is 14.6 Å². The molecule has 0 saturated carbocycles. The molecular weight excluding hydrogens is 244 g/mol. The molecule has 2 rings (SSSR count). The van der Waals surface area contributed by atoms with E-state index >= 15 is 0 Å². The van der Waals surface area contributed by atoms with E-state index in [1.165, 1.54) is 6.08 Å². The number of carbonyl (C=O) groups is 1. The fourth-order valence-electron chi connectivity index (χ4n) is 1.59. The van der Waals surface area contributed by atoms with Crippen LogP contribution in [0.4, 0.5) is 0 Å². The molecule has 2 aromatic rings. The Bertz CT molecular complexity index is 602. The molecule has 0 saturated heterocycles. The standard InChI is InChI=1S/C14H14N2O3/c1-16-9-12(8-15-16)10-19-13-4-2-3-11(7-13)5-6-14(17)18/h2-9H,10H2,1H3,(H,17,18)/b6-5+. The van der Waals surface area contributed by atoms with Crippen molar-refractivity contribution in [2.75, 3.05) is 0 Å². The van der Waals surface area contributed by atoms with Crippen molar-refractivity contribution in [3.63, 3.8) is 0 Å². The van der Waals surface area contributed by atoms with Crippen LogP contribution in [0, 0.1) is 0 Å². The summed E-state index contributed by atoms with van der Waals surface area (Å²) in [5.74, 6) is -0.280. The van der Waals surface area contributed by atoms with Gasteiger partial charge in [0.25, 0.3) is 0 Å². The van der Waals surface area contributed by atoms with Gasteiger partial charge >= 0.3 is 5.97 Å². The van der Waals surface area contributed by atoms with Crippen LogP contribution in [0.15, 0.2) is 42.7 Å². The lowest BCUT2D eigenvalue weighted by Gasteiger charge is -2.05. The molecule has 0 atom stereocenters. The number of ether oxygens (including phenoxy) is 1. The highest BCUT2D eigenvalue weighted by atomic mass is 16.5. The van der Waals surface area contributed by atoms with Crippen LogP contribution in [0.3, 0.4) is 0 Å². The molecule has 19 heavy (non-hydrogen) atoms. The molecular formula is C14H14N2O3. The molecule has 5 nitrogen and oxygen atoms in total. The molecule has 0 spiro atoms. The predicted octanol–water partition coefficient (Wildman–Crippen LogP) is 2.10. The van der Waals surface area contributed by atoms with Crippen LogP contribution in [0.25, 0.3) is 6.08 Å². The average Bonchev–Trinajstić information content (AvgIpc) is 2.80. The van der Waals surface area contributed by atoms with Gasteiger partial charge in [-0.3, -0.25) is 4.68 Å². The largest absolute Gasteiger partial charge is 0.489 e. The van der Waals surface area contributed by atoms with E-state index < -0.39 is 5.97 Å². The van der Waals surface area contributed by atoms with Crippen molar-refractivity contribution in [3.05, 3.63) is 53.9 Å². The lowest BCUT2D eigenvalue weighted by molar-refractivity contribution is -0.131. The third-order valence-electron chi connectivity index (χ3n) is 2.44. The summed E-state index contributed by atoms with van der Waals surface area (Å²) in [6.07, 6.45) is 6.25. The van der Waals surface area contributed by atoms with Crippen molar-refractivity contribution in [3.8, 4) is 5.75 Å². The molecule has 0 aliphatic carbocycles. The monoisotopic (exact) mass is 258 g/mol. The zero-order chi connectivity index (χ0) is 13.7. The number of aliphatic carboxylic acids is 1. The van der Waals surface area contributed by atoms with Crippen LogP contribution in [0.1, 0.15) is 11.1 Å². The molecule has 0 bridgehead atoms. The lowest BCUT2D eigenvalue weighted by atomic mass is 10.2. The molecule has 1 aromatic heterocycles. The van der Waals surface area contributed by atoms with Gasteiger partial charge in [-0.1, -0.05) is 12.1 Å². The van der Waals surface area contributed by atoms with Gasteiger partial charge in [0.05, 0.1) is 6.20 Å². The van der Waals surface area contributed by atoms with E-state index in [0.717, 1.165) is 17.2 Å². The fraction of sp³-hybridized carbons (Fsp3) is 0.143. The normalized spacial score (nSPS) is 10.8. The second-order valence-corrected chi connectivity index (χ2v) is 4.05. The second kappa shape index (κ2) is 5.86. The summed E-state index contributed by atoms with van der Waals surface area (Å²) >= 11 is 0. The molecule has 0 radical (unpaired) electrons. The molecule has 0 amide bonds. The lowest BCUT2D eigenvalue weighted by Crippen LogP contribution is -1.94. The molecule has 98 valence electrons. The third kappa shape index (κ3) is 3.99. The number of aryl methyl sites for hydroxylation is 1. The van der Waals surface area contributed by atoms with E-state index in [-0.39, 0.29) is 0 Å². The van der Waals surface area contributed by atoms with Crippen molar-refractivity contribution in [2.24, 2.45) is 7.05 Å². The van der Waals surface area contributed by atoms with Crippen molar-refractivity contribution in [1.29, 1.82) is 0 Å². The van der Waals surface area contributed by atoms with E-state index in [4.69, 9.17) is 9.84 Å². The van der Waals surface area contributed by atoms with Crippen molar-refractivity contribution >= 4 is 12.0 Å². The zero-order valence-electron chi connectivity index (χ0n) is 10.5.